The van der Waals surface area contributed by atoms with Crippen LogP contribution in [0.15, 0.2) is 24.7 Å². The lowest BCUT2D eigenvalue weighted by molar-refractivity contribution is -0.136. The fraction of sp³-hybridized carbons (Fsp3) is 0.583. The lowest BCUT2D eigenvalue weighted by atomic mass is 9.81. The third-order valence-corrected chi connectivity index (χ3v) is 7.23. The monoisotopic (exact) mass is 536 g/mol. The fourth-order valence-electron chi connectivity index (χ4n) is 5.21. The van der Waals surface area contributed by atoms with Crippen molar-refractivity contribution in [2.24, 2.45) is 11.8 Å². The zero-order chi connectivity index (χ0) is 27.1. The second kappa shape index (κ2) is 9.95. The van der Waals surface area contributed by atoms with Gasteiger partial charge in [0.15, 0.2) is 0 Å². The van der Waals surface area contributed by atoms with Gasteiger partial charge in [0.25, 0.3) is 17.6 Å². The first-order valence-corrected chi connectivity index (χ1v) is 12.6. The number of piperidine rings is 1. The Kier molecular flexibility index (Phi) is 6.82. The molecule has 1 aliphatic heterocycles. The molecule has 38 heavy (non-hydrogen) atoms. The van der Waals surface area contributed by atoms with E-state index in [2.05, 4.69) is 30.8 Å². The highest BCUT2D eigenvalue weighted by Gasteiger charge is 2.41. The summed E-state index contributed by atoms with van der Waals surface area (Å²) in [5, 5.41) is 13.7. The zero-order valence-corrected chi connectivity index (χ0v) is 20.7. The fourth-order valence-corrected chi connectivity index (χ4v) is 5.21. The number of carbonyl (C=O) groups is 2. The average Bonchev–Trinajstić information content (AvgIpc) is 3.51. The Morgan fingerprint density at radius 3 is 2.74 bits per heavy atom. The van der Waals surface area contributed by atoms with Crippen molar-refractivity contribution in [2.45, 2.75) is 69.9 Å². The van der Waals surface area contributed by atoms with Gasteiger partial charge in [-0.15, -0.1) is 0 Å². The number of imidazole rings is 1. The van der Waals surface area contributed by atoms with E-state index in [1.165, 1.54) is 21.6 Å². The van der Waals surface area contributed by atoms with Gasteiger partial charge in [-0.2, -0.15) is 10.2 Å². The minimum Gasteiger partial charge on any atom is -0.350 e. The first kappa shape index (κ1) is 26.0. The summed E-state index contributed by atoms with van der Waals surface area (Å²) in [6.45, 7) is 1.64. The van der Waals surface area contributed by atoms with Crippen molar-refractivity contribution in [1.29, 1.82) is 0 Å². The summed E-state index contributed by atoms with van der Waals surface area (Å²) in [6, 6.07) is 0.892. The molecule has 0 unspecified atom stereocenters. The number of amides is 2. The van der Waals surface area contributed by atoms with Gasteiger partial charge < -0.3 is 10.6 Å². The maximum Gasteiger partial charge on any atom is 0.270 e. The number of hydrogen-bond acceptors (Lipinski definition) is 6. The van der Waals surface area contributed by atoms with E-state index in [0.717, 1.165) is 0 Å². The number of halogens is 4. The molecule has 0 spiro atoms. The predicted molar refractivity (Wildman–Crippen MR) is 126 cm³/mol. The van der Waals surface area contributed by atoms with Crippen LogP contribution in [0.4, 0.5) is 17.6 Å². The van der Waals surface area contributed by atoms with Crippen LogP contribution < -0.4 is 10.6 Å². The molecular weight excluding hydrogens is 508 g/mol. The number of aromatic nitrogens is 6. The molecule has 2 amide bonds. The Morgan fingerprint density at radius 1 is 1.24 bits per heavy atom. The normalized spacial score (nSPS) is 22.2. The minimum absolute atomic E-state index is 0.0310. The Balaban J connectivity index is 1.41. The number of rotatable bonds is 7. The molecular formula is C24H28F4N8O2. The maximum atomic E-state index is 13.9. The van der Waals surface area contributed by atoms with Gasteiger partial charge in [0.05, 0.1) is 36.4 Å². The average molecular weight is 537 g/mol. The molecule has 0 bridgehead atoms. The molecule has 1 saturated heterocycles. The summed E-state index contributed by atoms with van der Waals surface area (Å²) in [5.74, 6) is -7.66. The number of hydrogen-bond donors (Lipinski definition) is 2. The lowest BCUT2D eigenvalue weighted by Gasteiger charge is -2.33. The van der Waals surface area contributed by atoms with E-state index in [9.17, 15) is 27.2 Å². The number of aryl methyl sites for hydroxylation is 1. The third-order valence-electron chi connectivity index (χ3n) is 7.23. The van der Waals surface area contributed by atoms with E-state index >= 15 is 0 Å². The number of carbonyl (C=O) groups excluding carboxylic acids is 2. The minimum atomic E-state index is -2.99. The van der Waals surface area contributed by atoms with E-state index in [-0.39, 0.29) is 43.8 Å². The highest BCUT2D eigenvalue weighted by molar-refractivity contribution is 5.92. The number of fused-ring (bicyclic) bond motifs is 1. The van der Waals surface area contributed by atoms with Crippen LogP contribution in [0, 0.1) is 11.8 Å². The topological polar surface area (TPSA) is 119 Å². The van der Waals surface area contributed by atoms with Crippen molar-refractivity contribution in [3.05, 3.63) is 41.7 Å². The SMILES string of the molecule is CCn1nccc1C(=O)N[C@H](c1cn2nc(C[C@@H]3CC(F)(F)CNC3=O)cnc2n1)C1CCC(F)(F)CC1. The molecule has 0 radical (unpaired) electrons. The van der Waals surface area contributed by atoms with Gasteiger partial charge in [-0.25, -0.2) is 32.0 Å². The molecule has 5 rings (SSSR count). The van der Waals surface area contributed by atoms with Crippen LogP contribution in [-0.4, -0.2) is 59.6 Å². The van der Waals surface area contributed by atoms with Crippen LogP contribution in [0.3, 0.4) is 0 Å². The molecule has 2 aliphatic rings. The van der Waals surface area contributed by atoms with Crippen molar-refractivity contribution < 1.29 is 27.2 Å². The van der Waals surface area contributed by atoms with Crippen molar-refractivity contribution in [3.63, 3.8) is 0 Å². The number of nitrogens with zero attached hydrogens (tertiary/aromatic N) is 6. The summed E-state index contributed by atoms with van der Waals surface area (Å²) in [5.41, 5.74) is 1.06. The van der Waals surface area contributed by atoms with Gasteiger partial charge >= 0.3 is 0 Å². The number of nitrogens with one attached hydrogen (secondary N) is 2. The molecule has 2 fully saturated rings. The predicted octanol–water partition coefficient (Wildman–Crippen LogP) is 2.95. The van der Waals surface area contributed by atoms with Crippen molar-refractivity contribution >= 4 is 17.6 Å². The largest absolute Gasteiger partial charge is 0.350 e. The molecule has 14 heteroatoms. The molecule has 3 aromatic rings. The van der Waals surface area contributed by atoms with Crippen molar-refractivity contribution in [3.8, 4) is 0 Å². The van der Waals surface area contributed by atoms with Gasteiger partial charge in [-0.05, 0) is 31.7 Å². The smallest absolute Gasteiger partial charge is 0.270 e. The molecule has 4 heterocycles. The molecule has 10 nitrogen and oxygen atoms in total. The van der Waals surface area contributed by atoms with E-state index in [0.29, 0.717) is 23.6 Å². The maximum absolute atomic E-state index is 13.9. The molecule has 204 valence electrons. The summed E-state index contributed by atoms with van der Waals surface area (Å²) < 4.78 is 58.3. The van der Waals surface area contributed by atoms with Crippen LogP contribution in [0.25, 0.3) is 5.78 Å². The third kappa shape index (κ3) is 5.48. The van der Waals surface area contributed by atoms with Gasteiger partial charge in [-0.3, -0.25) is 14.3 Å². The van der Waals surface area contributed by atoms with Crippen LogP contribution in [0.1, 0.15) is 66.9 Å². The lowest BCUT2D eigenvalue weighted by Crippen LogP contribution is -2.48. The molecule has 2 N–H and O–H groups in total. The van der Waals surface area contributed by atoms with Crippen LogP contribution >= 0.6 is 0 Å². The van der Waals surface area contributed by atoms with Crippen molar-refractivity contribution in [2.75, 3.05) is 6.54 Å². The Labute approximate surface area is 215 Å². The second-order valence-corrected chi connectivity index (χ2v) is 10.0. The van der Waals surface area contributed by atoms with Crippen LogP contribution in [0.2, 0.25) is 0 Å². The number of alkyl halides is 4. The molecule has 0 aromatic carbocycles. The second-order valence-electron chi connectivity index (χ2n) is 10.0. The Morgan fingerprint density at radius 2 is 2.00 bits per heavy atom. The quantitative estimate of drug-likeness (QED) is 0.449. The summed E-state index contributed by atoms with van der Waals surface area (Å²) in [4.78, 5) is 34.0. The highest BCUT2D eigenvalue weighted by Crippen LogP contribution is 2.41. The standard InChI is InChI=1S/C24H28F4N8O2/c1-2-35-18(5-8-31-35)21(38)33-19(14-3-6-23(25,26)7-4-14)17-12-36-22(32-17)29-11-16(34-36)9-15-10-24(27,28)13-30-20(15)37/h5,8,11-12,14-15,19H,2-4,6-7,9-10,13H2,1H3,(H,30,37)(H,33,38)/t15-,19+/m1/s1. The van der Waals surface area contributed by atoms with E-state index in [1.807, 2.05) is 6.92 Å². The van der Waals surface area contributed by atoms with Gasteiger partial charge in [0.2, 0.25) is 11.8 Å². The first-order chi connectivity index (χ1) is 18.0. The first-order valence-electron chi connectivity index (χ1n) is 12.6. The summed E-state index contributed by atoms with van der Waals surface area (Å²) in [6.07, 6.45) is 3.62. The zero-order valence-electron chi connectivity index (χ0n) is 20.7. The van der Waals surface area contributed by atoms with Gasteiger partial charge in [0.1, 0.15) is 5.69 Å². The van der Waals surface area contributed by atoms with Gasteiger partial charge in [0, 0.05) is 44.3 Å². The van der Waals surface area contributed by atoms with Crippen LogP contribution in [-0.2, 0) is 17.8 Å². The van der Waals surface area contributed by atoms with Gasteiger partial charge in [-0.1, -0.05) is 0 Å². The van der Waals surface area contributed by atoms with E-state index < -0.39 is 48.6 Å². The molecule has 3 aromatic heterocycles. The molecule has 1 aliphatic carbocycles. The van der Waals surface area contributed by atoms with Crippen LogP contribution in [0.5, 0.6) is 0 Å². The summed E-state index contributed by atoms with van der Waals surface area (Å²) >= 11 is 0. The van der Waals surface area contributed by atoms with Crippen molar-refractivity contribution in [1.82, 2.24) is 40.0 Å². The highest BCUT2D eigenvalue weighted by atomic mass is 19.3. The molecule has 1 saturated carbocycles. The Hall–Kier alpha value is -3.58. The molecule has 2 atom stereocenters. The summed E-state index contributed by atoms with van der Waals surface area (Å²) in [7, 11) is 0. The van der Waals surface area contributed by atoms with E-state index in [4.69, 9.17) is 0 Å². The Bertz CT molecular complexity index is 1330. The van der Waals surface area contributed by atoms with E-state index in [1.54, 1.807) is 12.3 Å².